The van der Waals surface area contributed by atoms with Crippen molar-refractivity contribution in [3.05, 3.63) is 66.8 Å². The zero-order valence-electron chi connectivity index (χ0n) is 20.6. The lowest BCUT2D eigenvalue weighted by Crippen LogP contribution is -2.28. The number of carbonyl (C=O) groups is 2. The average molecular weight is 512 g/mol. The first-order chi connectivity index (χ1) is 17.2. The number of benzene rings is 2. The highest BCUT2D eigenvalue weighted by Crippen LogP contribution is 2.45. The Morgan fingerprint density at radius 1 is 0.838 bits per heavy atom. The van der Waals surface area contributed by atoms with Crippen LogP contribution in [0.1, 0.15) is 59.5 Å². The number of ether oxygens (including phenoxy) is 3. The highest BCUT2D eigenvalue weighted by Gasteiger charge is 2.33. The van der Waals surface area contributed by atoms with Crippen molar-refractivity contribution in [2.45, 2.75) is 38.9 Å². The number of rotatable bonds is 5. The van der Waals surface area contributed by atoms with E-state index in [1.54, 1.807) is 45.9 Å². The minimum absolute atomic E-state index is 0.0180. The van der Waals surface area contributed by atoms with E-state index in [9.17, 15) is 34.9 Å². The van der Waals surface area contributed by atoms with E-state index in [1.807, 2.05) is 0 Å². The molecule has 0 aliphatic carbocycles. The van der Waals surface area contributed by atoms with Gasteiger partial charge in [0, 0.05) is 12.1 Å². The predicted octanol–water partition coefficient (Wildman–Crippen LogP) is 4.90. The Labute approximate surface area is 211 Å². The summed E-state index contributed by atoms with van der Waals surface area (Å²) in [4.78, 5) is 42.6. The van der Waals surface area contributed by atoms with Crippen molar-refractivity contribution in [3.63, 3.8) is 0 Å². The molecule has 0 amide bonds. The first-order valence-corrected chi connectivity index (χ1v) is 10.9. The largest absolute Gasteiger partial charge is 0.506 e. The topological polar surface area (TPSA) is 168 Å². The molecule has 12 heteroatoms. The molecule has 0 aromatic heterocycles. The summed E-state index contributed by atoms with van der Waals surface area (Å²) in [6.45, 7) is 7.05. The molecular weight excluding hydrogens is 488 g/mol. The number of aldehydes is 2. The number of nitrogens with zero attached hydrogens (tertiary/aromatic N) is 2. The lowest BCUT2D eigenvalue weighted by Gasteiger charge is -2.28. The van der Waals surface area contributed by atoms with Gasteiger partial charge in [0.15, 0.2) is 12.6 Å². The van der Waals surface area contributed by atoms with Crippen LogP contribution in [0, 0.1) is 20.2 Å². The first kappa shape index (κ1) is 26.9. The Morgan fingerprint density at radius 2 is 1.27 bits per heavy atom. The number of phenols is 1. The standard InChI is InChI=1S/C13H13NO5.C12H11NO5/c1-13(2)5-4-9-11(18-3)8(7-15)6-10(14(16)17)12(9)19-13;1-12(2)4-3-8-10(15)7(6-14)5-9(13(16)17)11(8)18-12/h4-7H,1-3H3;3-6,15H,1-2H3. The third kappa shape index (κ3) is 5.27. The normalized spacial score (nSPS) is 15.5. The predicted molar refractivity (Wildman–Crippen MR) is 133 cm³/mol. The fraction of sp³-hybridized carbons (Fsp3) is 0.280. The van der Waals surface area contributed by atoms with Gasteiger partial charge in [0.1, 0.15) is 22.7 Å². The van der Waals surface area contributed by atoms with Gasteiger partial charge < -0.3 is 19.3 Å². The van der Waals surface area contributed by atoms with E-state index >= 15 is 0 Å². The van der Waals surface area contributed by atoms with Crippen LogP contribution in [-0.2, 0) is 0 Å². The molecule has 2 aliphatic rings. The van der Waals surface area contributed by atoms with E-state index in [0.717, 1.165) is 6.07 Å². The molecule has 0 spiro atoms. The van der Waals surface area contributed by atoms with E-state index in [2.05, 4.69) is 0 Å². The van der Waals surface area contributed by atoms with Gasteiger partial charge in [0.05, 0.1) is 39.2 Å². The van der Waals surface area contributed by atoms with Crippen LogP contribution in [0.15, 0.2) is 24.3 Å². The van der Waals surface area contributed by atoms with Crippen molar-refractivity contribution in [3.8, 4) is 23.0 Å². The quantitative estimate of drug-likeness (QED) is 0.330. The van der Waals surface area contributed by atoms with Gasteiger partial charge >= 0.3 is 11.4 Å². The molecule has 0 fully saturated rings. The second-order valence-electron chi connectivity index (χ2n) is 9.16. The Hall–Kier alpha value is -4.74. The second-order valence-corrected chi connectivity index (χ2v) is 9.16. The van der Waals surface area contributed by atoms with Gasteiger partial charge in [-0.25, -0.2) is 0 Å². The van der Waals surface area contributed by atoms with E-state index in [-0.39, 0.29) is 51.1 Å². The molecule has 1 N–H and O–H groups in total. The lowest BCUT2D eigenvalue weighted by molar-refractivity contribution is -0.386. The highest BCUT2D eigenvalue weighted by atomic mass is 16.6. The Morgan fingerprint density at radius 3 is 1.70 bits per heavy atom. The molecule has 0 saturated carbocycles. The van der Waals surface area contributed by atoms with Crippen molar-refractivity contribution in [1.82, 2.24) is 0 Å². The van der Waals surface area contributed by atoms with Crippen molar-refractivity contribution in [1.29, 1.82) is 0 Å². The van der Waals surface area contributed by atoms with Crippen LogP contribution in [0.2, 0.25) is 0 Å². The van der Waals surface area contributed by atoms with Crippen LogP contribution in [0.25, 0.3) is 12.2 Å². The number of methoxy groups -OCH3 is 1. The van der Waals surface area contributed by atoms with E-state index in [1.165, 1.54) is 19.3 Å². The minimum atomic E-state index is -0.701. The van der Waals surface area contributed by atoms with Gasteiger partial charge in [0.2, 0.25) is 11.5 Å². The van der Waals surface area contributed by atoms with Gasteiger partial charge in [-0.2, -0.15) is 0 Å². The number of carbonyl (C=O) groups excluding carboxylic acids is 2. The summed E-state index contributed by atoms with van der Waals surface area (Å²) in [5, 5.41) is 31.9. The Balaban J connectivity index is 0.000000206. The SMILES string of the molecule is CC1(C)C=Cc2c(O)c(C=O)cc([N+](=O)[O-])c2O1.COc1c(C=O)cc([N+](=O)[O-])c2c1C=CC(C)(C)O2. The number of hydrogen-bond acceptors (Lipinski definition) is 10. The minimum Gasteiger partial charge on any atom is -0.506 e. The van der Waals surface area contributed by atoms with Crippen molar-refractivity contribution in [2.24, 2.45) is 0 Å². The number of nitro groups is 2. The molecule has 0 unspecified atom stereocenters. The molecular formula is C25H24N2O10. The van der Waals surface area contributed by atoms with Gasteiger partial charge in [-0.15, -0.1) is 0 Å². The first-order valence-electron chi connectivity index (χ1n) is 10.9. The second kappa shape index (κ2) is 9.72. The summed E-state index contributed by atoms with van der Waals surface area (Å²) in [6, 6.07) is 2.18. The maximum atomic E-state index is 11.1. The zero-order valence-corrected chi connectivity index (χ0v) is 20.6. The van der Waals surface area contributed by atoms with Crippen LogP contribution < -0.4 is 14.2 Å². The molecule has 2 aliphatic heterocycles. The monoisotopic (exact) mass is 512 g/mol. The van der Waals surface area contributed by atoms with Crippen LogP contribution in [0.4, 0.5) is 11.4 Å². The van der Waals surface area contributed by atoms with Gasteiger partial charge in [-0.1, -0.05) is 0 Å². The molecule has 0 bridgehead atoms. The number of fused-ring (bicyclic) bond motifs is 2. The number of nitro benzene ring substituents is 2. The van der Waals surface area contributed by atoms with E-state index in [0.29, 0.717) is 18.1 Å². The Kier molecular flexibility index (Phi) is 7.06. The summed E-state index contributed by atoms with van der Waals surface area (Å²) in [7, 11) is 1.40. The molecule has 12 nitrogen and oxygen atoms in total. The molecule has 194 valence electrons. The van der Waals surface area contributed by atoms with Crippen LogP contribution >= 0.6 is 0 Å². The number of aromatic hydroxyl groups is 1. The molecule has 2 heterocycles. The van der Waals surface area contributed by atoms with Crippen LogP contribution in [-0.4, -0.2) is 45.8 Å². The summed E-state index contributed by atoms with van der Waals surface area (Å²) >= 11 is 0. The maximum absolute atomic E-state index is 11.1. The van der Waals surface area contributed by atoms with Gasteiger partial charge in [0.25, 0.3) is 0 Å². The van der Waals surface area contributed by atoms with Crippen molar-refractivity contribution in [2.75, 3.05) is 7.11 Å². The van der Waals surface area contributed by atoms with E-state index < -0.39 is 21.0 Å². The molecule has 4 rings (SSSR count). The zero-order chi connectivity index (χ0) is 27.7. The van der Waals surface area contributed by atoms with Crippen molar-refractivity contribution >= 4 is 36.1 Å². The Bertz CT molecular complexity index is 1370. The molecule has 2 aromatic rings. The van der Waals surface area contributed by atoms with Crippen molar-refractivity contribution < 1.29 is 38.8 Å². The summed E-state index contributed by atoms with van der Waals surface area (Å²) in [5.74, 6) is 0.0789. The van der Waals surface area contributed by atoms with Crippen LogP contribution in [0.5, 0.6) is 23.0 Å². The van der Waals surface area contributed by atoms with Crippen LogP contribution in [0.3, 0.4) is 0 Å². The number of phenolic OH excluding ortho intramolecular Hbond substituents is 1. The van der Waals surface area contributed by atoms with Gasteiger partial charge in [-0.05, 0) is 52.0 Å². The van der Waals surface area contributed by atoms with Gasteiger partial charge in [-0.3, -0.25) is 29.8 Å². The molecule has 0 radical (unpaired) electrons. The summed E-state index contributed by atoms with van der Waals surface area (Å²) in [6.07, 6.45) is 7.52. The fourth-order valence-corrected chi connectivity index (χ4v) is 3.72. The highest BCUT2D eigenvalue weighted by molar-refractivity contribution is 5.88. The summed E-state index contributed by atoms with van der Waals surface area (Å²) < 4.78 is 16.3. The fourth-order valence-electron chi connectivity index (χ4n) is 3.72. The molecule has 0 saturated heterocycles. The number of hydrogen-bond donors (Lipinski definition) is 1. The lowest BCUT2D eigenvalue weighted by atomic mass is 9.98. The smallest absolute Gasteiger partial charge is 0.312 e. The van der Waals surface area contributed by atoms with E-state index in [4.69, 9.17) is 14.2 Å². The third-order valence-electron chi connectivity index (χ3n) is 5.46. The maximum Gasteiger partial charge on any atom is 0.312 e. The third-order valence-corrected chi connectivity index (χ3v) is 5.46. The molecule has 0 atom stereocenters. The molecule has 37 heavy (non-hydrogen) atoms. The average Bonchev–Trinajstić information content (AvgIpc) is 2.82. The molecule has 2 aromatic carbocycles. The summed E-state index contributed by atoms with van der Waals surface area (Å²) in [5.41, 5.74) is -1.35.